The molecule has 0 bridgehead atoms. The van der Waals surface area contributed by atoms with Crippen molar-refractivity contribution >= 4 is 17.6 Å². The summed E-state index contributed by atoms with van der Waals surface area (Å²) in [6.07, 6.45) is 0. The van der Waals surface area contributed by atoms with Crippen molar-refractivity contribution < 1.29 is 14.6 Å². The molecule has 82 valence electrons. The van der Waals surface area contributed by atoms with Crippen LogP contribution < -0.4 is 10.5 Å². The van der Waals surface area contributed by atoms with E-state index < -0.39 is 11.9 Å². The van der Waals surface area contributed by atoms with Gasteiger partial charge in [0.15, 0.2) is 0 Å². The van der Waals surface area contributed by atoms with Crippen LogP contribution in [-0.2, 0) is 4.79 Å². The number of methoxy groups -OCH3 is 1. The molecule has 0 spiro atoms. The summed E-state index contributed by atoms with van der Waals surface area (Å²) in [5.41, 5.74) is 5.83. The molecule has 1 unspecified atom stereocenters. The number of rotatable bonds is 4. The average Bonchev–Trinajstić information content (AvgIpc) is 2.21. The number of hydrogen-bond donors (Lipinski definition) is 2. The van der Waals surface area contributed by atoms with E-state index in [1.54, 1.807) is 18.2 Å². The molecule has 1 aromatic rings. The van der Waals surface area contributed by atoms with Crippen molar-refractivity contribution in [2.75, 3.05) is 13.7 Å². The maximum Gasteiger partial charge on any atom is 0.312 e. The maximum atomic E-state index is 11.0. The van der Waals surface area contributed by atoms with E-state index in [0.717, 1.165) is 0 Å². The van der Waals surface area contributed by atoms with E-state index in [1.165, 1.54) is 7.11 Å². The van der Waals surface area contributed by atoms with Crippen molar-refractivity contribution in [3.63, 3.8) is 0 Å². The van der Waals surface area contributed by atoms with Gasteiger partial charge in [-0.25, -0.2) is 0 Å². The van der Waals surface area contributed by atoms with E-state index >= 15 is 0 Å². The third-order valence-corrected chi connectivity index (χ3v) is 2.44. The van der Waals surface area contributed by atoms with Crippen molar-refractivity contribution in [3.8, 4) is 5.75 Å². The van der Waals surface area contributed by atoms with Crippen molar-refractivity contribution in [2.45, 2.75) is 5.92 Å². The molecule has 0 aliphatic carbocycles. The van der Waals surface area contributed by atoms with Crippen LogP contribution in [0.1, 0.15) is 11.5 Å². The second-order valence-corrected chi connectivity index (χ2v) is 3.39. The normalized spacial score (nSPS) is 12.2. The number of hydrogen-bond acceptors (Lipinski definition) is 3. The van der Waals surface area contributed by atoms with Gasteiger partial charge >= 0.3 is 5.97 Å². The summed E-state index contributed by atoms with van der Waals surface area (Å²) >= 11 is 5.93. The molecule has 0 saturated heterocycles. The highest BCUT2D eigenvalue weighted by Crippen LogP contribution is 2.32. The van der Waals surface area contributed by atoms with Crippen LogP contribution in [0.25, 0.3) is 0 Å². The zero-order valence-electron chi connectivity index (χ0n) is 8.24. The molecule has 0 aliphatic heterocycles. The third kappa shape index (κ3) is 2.40. The van der Waals surface area contributed by atoms with Gasteiger partial charge in [-0.1, -0.05) is 17.7 Å². The van der Waals surface area contributed by atoms with Gasteiger partial charge in [-0.15, -0.1) is 0 Å². The number of carboxylic acid groups (broad SMARTS) is 1. The van der Waals surface area contributed by atoms with Gasteiger partial charge in [0.1, 0.15) is 5.75 Å². The Labute approximate surface area is 92.6 Å². The molecule has 1 rings (SSSR count). The fourth-order valence-electron chi connectivity index (χ4n) is 1.38. The number of halogens is 1. The first kappa shape index (κ1) is 11.8. The van der Waals surface area contributed by atoms with Crippen molar-refractivity contribution in [1.29, 1.82) is 0 Å². The number of nitrogens with two attached hydrogens (primary N) is 1. The van der Waals surface area contributed by atoms with Crippen LogP contribution in [-0.4, -0.2) is 24.7 Å². The highest BCUT2D eigenvalue weighted by molar-refractivity contribution is 6.31. The molecule has 0 aromatic heterocycles. The highest BCUT2D eigenvalue weighted by atomic mass is 35.5. The van der Waals surface area contributed by atoms with Crippen molar-refractivity contribution in [1.82, 2.24) is 0 Å². The summed E-state index contributed by atoms with van der Waals surface area (Å²) in [6.45, 7) is -0.0184. The van der Waals surface area contributed by atoms with Gasteiger partial charge in [-0.3, -0.25) is 4.79 Å². The largest absolute Gasteiger partial charge is 0.496 e. The number of carbonyl (C=O) groups is 1. The predicted molar refractivity (Wildman–Crippen MR) is 57.4 cm³/mol. The Balaban J connectivity index is 3.26. The molecule has 5 heteroatoms. The van der Waals surface area contributed by atoms with Crippen LogP contribution >= 0.6 is 11.6 Å². The van der Waals surface area contributed by atoms with Gasteiger partial charge < -0.3 is 15.6 Å². The van der Waals surface area contributed by atoms with Gasteiger partial charge in [0.2, 0.25) is 0 Å². The smallest absolute Gasteiger partial charge is 0.312 e. The summed E-state index contributed by atoms with van der Waals surface area (Å²) in [6, 6.07) is 4.97. The minimum Gasteiger partial charge on any atom is -0.496 e. The molecule has 0 heterocycles. The van der Waals surface area contributed by atoms with Crippen LogP contribution in [0, 0.1) is 0 Å². The Hall–Kier alpha value is -1.26. The summed E-state index contributed by atoms with van der Waals surface area (Å²) in [7, 11) is 1.46. The lowest BCUT2D eigenvalue weighted by molar-refractivity contribution is -0.138. The van der Waals surface area contributed by atoms with Crippen LogP contribution in [0.2, 0.25) is 5.02 Å². The first-order valence-corrected chi connectivity index (χ1v) is 4.74. The zero-order valence-corrected chi connectivity index (χ0v) is 8.99. The van der Waals surface area contributed by atoms with Gasteiger partial charge in [0.05, 0.1) is 13.0 Å². The minimum absolute atomic E-state index is 0.0184. The summed E-state index contributed by atoms with van der Waals surface area (Å²) in [5, 5.41) is 9.33. The first-order valence-electron chi connectivity index (χ1n) is 4.37. The monoisotopic (exact) mass is 229 g/mol. The molecule has 0 radical (unpaired) electrons. The molecule has 15 heavy (non-hydrogen) atoms. The van der Waals surface area contributed by atoms with E-state index in [1.807, 2.05) is 0 Å². The summed E-state index contributed by atoms with van der Waals surface area (Å²) in [5.74, 6) is -1.40. The molecular formula is C10H12ClNO3. The van der Waals surface area contributed by atoms with Gasteiger partial charge in [-0.05, 0) is 12.1 Å². The second kappa shape index (κ2) is 5.00. The molecule has 4 nitrogen and oxygen atoms in total. The lowest BCUT2D eigenvalue weighted by atomic mass is 9.98. The van der Waals surface area contributed by atoms with E-state index in [0.29, 0.717) is 16.3 Å². The average molecular weight is 230 g/mol. The van der Waals surface area contributed by atoms with Crippen LogP contribution in [0.4, 0.5) is 0 Å². The lowest BCUT2D eigenvalue weighted by Crippen LogP contribution is -2.22. The van der Waals surface area contributed by atoms with Crippen molar-refractivity contribution in [2.24, 2.45) is 5.73 Å². The molecular weight excluding hydrogens is 218 g/mol. The SMILES string of the molecule is COc1cccc(Cl)c1C(CN)C(=O)O. The number of aliphatic carboxylic acids is 1. The minimum atomic E-state index is -1.01. The van der Waals surface area contributed by atoms with Crippen molar-refractivity contribution in [3.05, 3.63) is 28.8 Å². The van der Waals surface area contributed by atoms with Crippen LogP contribution in [0.15, 0.2) is 18.2 Å². The van der Waals surface area contributed by atoms with E-state index in [9.17, 15) is 4.79 Å². The third-order valence-electron chi connectivity index (χ3n) is 2.12. The zero-order chi connectivity index (χ0) is 11.4. The fourth-order valence-corrected chi connectivity index (χ4v) is 1.67. The van der Waals surface area contributed by atoms with E-state index in [-0.39, 0.29) is 6.54 Å². The van der Waals surface area contributed by atoms with Gasteiger partial charge in [0.25, 0.3) is 0 Å². The lowest BCUT2D eigenvalue weighted by Gasteiger charge is -2.15. The van der Waals surface area contributed by atoms with Crippen LogP contribution in [0.3, 0.4) is 0 Å². The Morgan fingerprint density at radius 3 is 2.80 bits per heavy atom. The topological polar surface area (TPSA) is 72.5 Å². The van der Waals surface area contributed by atoms with E-state index in [4.69, 9.17) is 27.2 Å². The Bertz CT molecular complexity index is 368. The quantitative estimate of drug-likeness (QED) is 0.820. The van der Waals surface area contributed by atoms with E-state index in [2.05, 4.69) is 0 Å². The number of carboxylic acids is 1. The summed E-state index contributed by atoms with van der Waals surface area (Å²) < 4.78 is 5.06. The van der Waals surface area contributed by atoms with Crippen LogP contribution in [0.5, 0.6) is 5.75 Å². The predicted octanol–water partition coefficient (Wildman–Crippen LogP) is 1.48. The standard InChI is InChI=1S/C10H12ClNO3/c1-15-8-4-2-3-7(11)9(8)6(5-12)10(13)14/h2-4,6H,5,12H2,1H3,(H,13,14). The second-order valence-electron chi connectivity index (χ2n) is 2.98. The Morgan fingerprint density at radius 1 is 1.67 bits per heavy atom. The molecule has 1 aromatic carbocycles. The van der Waals surface area contributed by atoms with Gasteiger partial charge in [-0.2, -0.15) is 0 Å². The molecule has 1 atom stereocenters. The molecule has 0 aliphatic rings. The number of ether oxygens (including phenoxy) is 1. The number of benzene rings is 1. The molecule has 0 fully saturated rings. The summed E-state index contributed by atoms with van der Waals surface area (Å²) in [4.78, 5) is 11.0. The molecule has 3 N–H and O–H groups in total. The highest BCUT2D eigenvalue weighted by Gasteiger charge is 2.24. The first-order chi connectivity index (χ1) is 7.11. The Morgan fingerprint density at radius 2 is 2.33 bits per heavy atom. The maximum absolute atomic E-state index is 11.0. The Kier molecular flexibility index (Phi) is 3.94. The molecule has 0 amide bonds. The van der Waals surface area contributed by atoms with Gasteiger partial charge in [0, 0.05) is 17.1 Å². The molecule has 0 saturated carbocycles. The fraction of sp³-hybridized carbons (Fsp3) is 0.300.